The zero-order valence-electron chi connectivity index (χ0n) is 7.69. The number of nitrogens with zero attached hydrogens (tertiary/aromatic N) is 3. The molecule has 0 N–H and O–H groups in total. The van der Waals surface area contributed by atoms with Crippen molar-refractivity contribution in [2.45, 2.75) is 13.8 Å². The van der Waals surface area contributed by atoms with Gasteiger partial charge >= 0.3 is 0 Å². The highest BCUT2D eigenvalue weighted by Crippen LogP contribution is 2.09. The van der Waals surface area contributed by atoms with Gasteiger partial charge in [-0.1, -0.05) is 0 Å². The molecule has 1 aromatic rings. The molecule has 0 atom stereocenters. The zero-order valence-corrected chi connectivity index (χ0v) is 7.69. The molecule has 4 nitrogen and oxygen atoms in total. The first kappa shape index (κ1) is 9.51. The molecule has 0 unspecified atom stereocenters. The van der Waals surface area contributed by atoms with Crippen molar-refractivity contribution >= 4 is 11.6 Å². The van der Waals surface area contributed by atoms with Crippen LogP contribution in [0, 0.1) is 0 Å². The van der Waals surface area contributed by atoms with E-state index in [0.29, 0.717) is 17.9 Å². The Hall–Kier alpha value is -1.58. The molecule has 0 fully saturated rings. The number of azo groups is 1. The van der Waals surface area contributed by atoms with Gasteiger partial charge in [0.05, 0.1) is 6.54 Å². The summed E-state index contributed by atoms with van der Waals surface area (Å²) in [6, 6.07) is 3.37. The Balaban J connectivity index is 2.81. The van der Waals surface area contributed by atoms with Crippen LogP contribution in [0.2, 0.25) is 0 Å². The fourth-order valence-electron chi connectivity index (χ4n) is 0.797. The van der Waals surface area contributed by atoms with E-state index in [2.05, 4.69) is 15.2 Å². The van der Waals surface area contributed by atoms with Crippen molar-refractivity contribution in [1.29, 1.82) is 0 Å². The third-order valence-electron chi connectivity index (χ3n) is 1.47. The van der Waals surface area contributed by atoms with Gasteiger partial charge in [-0.15, -0.1) is 5.11 Å². The average molecular weight is 177 g/mol. The van der Waals surface area contributed by atoms with Crippen LogP contribution in [0.1, 0.15) is 24.2 Å². The fourth-order valence-corrected chi connectivity index (χ4v) is 0.797. The molecular weight excluding hydrogens is 166 g/mol. The molecule has 13 heavy (non-hydrogen) atoms. The van der Waals surface area contributed by atoms with Gasteiger partial charge in [0.25, 0.3) is 0 Å². The average Bonchev–Trinajstić information content (AvgIpc) is 2.15. The van der Waals surface area contributed by atoms with Gasteiger partial charge in [-0.3, -0.25) is 4.79 Å². The molecule has 0 aliphatic carbocycles. The second-order valence-electron chi connectivity index (χ2n) is 2.52. The molecule has 68 valence electrons. The van der Waals surface area contributed by atoms with E-state index in [4.69, 9.17) is 0 Å². The van der Waals surface area contributed by atoms with Crippen molar-refractivity contribution < 1.29 is 4.79 Å². The second kappa shape index (κ2) is 4.45. The van der Waals surface area contributed by atoms with Crippen LogP contribution in [-0.4, -0.2) is 17.3 Å². The van der Waals surface area contributed by atoms with E-state index in [-0.39, 0.29) is 5.78 Å². The maximum Gasteiger partial charge on any atom is 0.173 e. The minimum absolute atomic E-state index is 0.00600. The number of pyridine rings is 1. The quantitative estimate of drug-likeness (QED) is 0.525. The Morgan fingerprint density at radius 2 is 2.31 bits per heavy atom. The van der Waals surface area contributed by atoms with E-state index in [1.165, 1.54) is 13.1 Å². The Labute approximate surface area is 76.7 Å². The lowest BCUT2D eigenvalue weighted by molar-refractivity contribution is 0.101. The van der Waals surface area contributed by atoms with Crippen LogP contribution >= 0.6 is 0 Å². The van der Waals surface area contributed by atoms with Crippen LogP contribution in [0.15, 0.2) is 28.6 Å². The molecule has 0 spiro atoms. The van der Waals surface area contributed by atoms with E-state index in [1.54, 1.807) is 12.1 Å². The predicted octanol–water partition coefficient (Wildman–Crippen LogP) is 2.39. The summed E-state index contributed by atoms with van der Waals surface area (Å²) in [5.41, 5.74) is 0.593. The number of aromatic nitrogens is 1. The molecule has 0 aliphatic rings. The number of ketones is 1. The van der Waals surface area contributed by atoms with Crippen LogP contribution < -0.4 is 0 Å². The SMILES string of the molecule is CCN=Nc1ccc(C(C)=O)cn1. The van der Waals surface area contributed by atoms with Gasteiger partial charge in [0.2, 0.25) is 0 Å². The van der Waals surface area contributed by atoms with Crippen molar-refractivity contribution in [3.8, 4) is 0 Å². The van der Waals surface area contributed by atoms with Gasteiger partial charge in [-0.05, 0) is 26.0 Å². The third kappa shape index (κ3) is 2.74. The summed E-state index contributed by atoms with van der Waals surface area (Å²) in [5.74, 6) is 0.540. The number of rotatable bonds is 3. The summed E-state index contributed by atoms with van der Waals surface area (Å²) in [6.45, 7) is 4.04. The Bertz CT molecular complexity index is 316. The Kier molecular flexibility index (Phi) is 3.25. The highest BCUT2D eigenvalue weighted by molar-refractivity contribution is 5.93. The summed E-state index contributed by atoms with van der Waals surface area (Å²) in [7, 11) is 0. The molecule has 0 saturated carbocycles. The van der Waals surface area contributed by atoms with E-state index < -0.39 is 0 Å². The number of hydrogen-bond acceptors (Lipinski definition) is 4. The monoisotopic (exact) mass is 177 g/mol. The third-order valence-corrected chi connectivity index (χ3v) is 1.47. The van der Waals surface area contributed by atoms with Crippen LogP contribution in [0.4, 0.5) is 5.82 Å². The smallest absolute Gasteiger partial charge is 0.173 e. The first-order valence-corrected chi connectivity index (χ1v) is 4.08. The maximum atomic E-state index is 10.9. The van der Waals surface area contributed by atoms with E-state index in [1.807, 2.05) is 6.92 Å². The minimum atomic E-state index is 0.00600. The topological polar surface area (TPSA) is 54.7 Å². The van der Waals surface area contributed by atoms with Gasteiger partial charge < -0.3 is 0 Å². The lowest BCUT2D eigenvalue weighted by Gasteiger charge is -1.93. The minimum Gasteiger partial charge on any atom is -0.294 e. The number of carbonyl (C=O) groups is 1. The molecule has 1 rings (SSSR count). The molecule has 1 aromatic heterocycles. The molecule has 0 aliphatic heterocycles. The lowest BCUT2D eigenvalue weighted by Crippen LogP contribution is -1.91. The van der Waals surface area contributed by atoms with E-state index in [9.17, 15) is 4.79 Å². The Morgan fingerprint density at radius 1 is 1.54 bits per heavy atom. The predicted molar refractivity (Wildman–Crippen MR) is 49.3 cm³/mol. The fraction of sp³-hybridized carbons (Fsp3) is 0.333. The normalized spacial score (nSPS) is 10.6. The first-order valence-electron chi connectivity index (χ1n) is 4.08. The highest BCUT2D eigenvalue weighted by atomic mass is 16.1. The molecule has 0 radical (unpaired) electrons. The van der Waals surface area contributed by atoms with Crippen molar-refractivity contribution in [3.05, 3.63) is 23.9 Å². The van der Waals surface area contributed by atoms with Crippen molar-refractivity contribution in [2.75, 3.05) is 6.54 Å². The Morgan fingerprint density at radius 3 is 2.77 bits per heavy atom. The summed E-state index contributed by atoms with van der Waals surface area (Å²) >= 11 is 0. The largest absolute Gasteiger partial charge is 0.294 e. The number of carbonyl (C=O) groups excluding carboxylic acids is 1. The lowest BCUT2D eigenvalue weighted by atomic mass is 10.2. The van der Waals surface area contributed by atoms with Crippen molar-refractivity contribution in [2.24, 2.45) is 10.2 Å². The maximum absolute atomic E-state index is 10.9. The van der Waals surface area contributed by atoms with Gasteiger partial charge in [0.15, 0.2) is 11.6 Å². The first-order chi connectivity index (χ1) is 6.24. The number of hydrogen-bond donors (Lipinski definition) is 0. The zero-order chi connectivity index (χ0) is 9.68. The molecule has 0 bridgehead atoms. The van der Waals surface area contributed by atoms with Crippen molar-refractivity contribution in [1.82, 2.24) is 4.98 Å². The summed E-state index contributed by atoms with van der Waals surface area (Å²) in [4.78, 5) is 14.8. The number of Topliss-reactive ketones (excluding diaryl/α,β-unsaturated/α-hetero) is 1. The highest BCUT2D eigenvalue weighted by Gasteiger charge is 1.98. The molecule has 0 amide bonds. The van der Waals surface area contributed by atoms with Gasteiger partial charge in [-0.25, -0.2) is 4.98 Å². The summed E-state index contributed by atoms with van der Waals surface area (Å²) < 4.78 is 0. The second-order valence-corrected chi connectivity index (χ2v) is 2.52. The van der Waals surface area contributed by atoms with Crippen molar-refractivity contribution in [3.63, 3.8) is 0 Å². The standard InChI is InChI=1S/C9H11N3O/c1-3-11-12-9-5-4-8(6-10-9)7(2)13/h4-6H,3H2,1-2H3. The van der Waals surface area contributed by atoms with Crippen LogP contribution in [0.5, 0.6) is 0 Å². The van der Waals surface area contributed by atoms with Gasteiger partial charge in [-0.2, -0.15) is 5.11 Å². The van der Waals surface area contributed by atoms with Crippen LogP contribution in [0.25, 0.3) is 0 Å². The van der Waals surface area contributed by atoms with Gasteiger partial charge in [0, 0.05) is 11.8 Å². The molecule has 0 saturated heterocycles. The summed E-state index contributed by atoms with van der Waals surface area (Å²) in [6.07, 6.45) is 1.51. The van der Waals surface area contributed by atoms with E-state index >= 15 is 0 Å². The molecule has 1 heterocycles. The van der Waals surface area contributed by atoms with Crippen LogP contribution in [0.3, 0.4) is 0 Å². The van der Waals surface area contributed by atoms with Gasteiger partial charge in [0.1, 0.15) is 0 Å². The molecular formula is C9H11N3O. The molecule has 0 aromatic carbocycles. The molecule has 4 heteroatoms. The van der Waals surface area contributed by atoms with Crippen LogP contribution in [-0.2, 0) is 0 Å². The van der Waals surface area contributed by atoms with E-state index in [0.717, 1.165) is 0 Å². The summed E-state index contributed by atoms with van der Waals surface area (Å²) in [5, 5.41) is 7.62.